The Labute approximate surface area is 158 Å². The van der Waals surface area contributed by atoms with Gasteiger partial charge in [-0.15, -0.1) is 0 Å². The van der Waals surface area contributed by atoms with Crippen molar-refractivity contribution >= 4 is 5.96 Å². The molecule has 0 bridgehead atoms. The minimum Gasteiger partial charge on any atom is -0.489 e. The minimum atomic E-state index is 0.494. The van der Waals surface area contributed by atoms with E-state index < -0.39 is 0 Å². The van der Waals surface area contributed by atoms with Crippen LogP contribution < -0.4 is 15.4 Å². The zero-order chi connectivity index (χ0) is 18.6. The van der Waals surface area contributed by atoms with Crippen molar-refractivity contribution in [2.45, 2.75) is 45.7 Å². The van der Waals surface area contributed by atoms with Crippen LogP contribution in [0.2, 0.25) is 0 Å². The Morgan fingerprint density at radius 3 is 2.77 bits per heavy atom. The number of guanidine groups is 1. The highest BCUT2D eigenvalue weighted by molar-refractivity contribution is 5.80. The van der Waals surface area contributed by atoms with E-state index in [9.17, 15) is 0 Å². The van der Waals surface area contributed by atoms with Crippen LogP contribution in [-0.2, 0) is 6.54 Å². The zero-order valence-electron chi connectivity index (χ0n) is 16.3. The van der Waals surface area contributed by atoms with Crippen LogP contribution >= 0.6 is 0 Å². The van der Waals surface area contributed by atoms with Crippen molar-refractivity contribution in [3.63, 3.8) is 0 Å². The molecule has 0 atom stereocenters. The summed E-state index contributed by atoms with van der Waals surface area (Å²) >= 11 is 0. The van der Waals surface area contributed by atoms with Crippen molar-refractivity contribution in [3.05, 3.63) is 42.5 Å². The van der Waals surface area contributed by atoms with E-state index in [0.717, 1.165) is 23.8 Å². The third-order valence-corrected chi connectivity index (χ3v) is 4.55. The molecule has 0 aromatic heterocycles. The van der Waals surface area contributed by atoms with Gasteiger partial charge in [-0.1, -0.05) is 37.8 Å². The fourth-order valence-electron chi connectivity index (χ4n) is 3.22. The molecule has 0 saturated carbocycles. The average molecular weight is 359 g/mol. The molecule has 0 unspecified atom stereocenters. The standard InChI is InChI=1S/C21H34N4O/c1-4-13-25-14-11-19(12-15-25)24-21(22-6-3)23-17-18-9-7-8-10-20(18)26-16-5-2/h5,7-10,19H,2,4,6,11-17H2,1,3H3,(H2,22,23,24). The Balaban J connectivity index is 1.94. The van der Waals surface area contributed by atoms with E-state index in [2.05, 4.69) is 42.0 Å². The Hall–Kier alpha value is -2.01. The second-order valence-corrected chi connectivity index (χ2v) is 6.66. The predicted octanol–water partition coefficient (Wildman–Crippen LogP) is 3.18. The van der Waals surface area contributed by atoms with Crippen LogP contribution in [-0.4, -0.2) is 49.7 Å². The summed E-state index contributed by atoms with van der Waals surface area (Å²) in [5.74, 6) is 1.76. The third-order valence-electron chi connectivity index (χ3n) is 4.55. The fraction of sp³-hybridized carbons (Fsp3) is 0.571. The maximum absolute atomic E-state index is 5.73. The SMILES string of the molecule is C=CCOc1ccccc1CN=C(NCC)NC1CCN(CCC)CC1. The number of aliphatic imine (C=N–C) groups is 1. The number of nitrogens with zero attached hydrogens (tertiary/aromatic N) is 2. The highest BCUT2D eigenvalue weighted by Crippen LogP contribution is 2.19. The first-order chi connectivity index (χ1) is 12.8. The molecule has 144 valence electrons. The molecule has 2 N–H and O–H groups in total. The zero-order valence-corrected chi connectivity index (χ0v) is 16.3. The Morgan fingerprint density at radius 2 is 2.08 bits per heavy atom. The molecule has 1 heterocycles. The lowest BCUT2D eigenvalue weighted by Crippen LogP contribution is -2.48. The summed E-state index contributed by atoms with van der Waals surface area (Å²) in [6.07, 6.45) is 5.33. The van der Waals surface area contributed by atoms with E-state index in [1.807, 2.05) is 18.2 Å². The molecule has 1 aromatic carbocycles. The molecule has 0 radical (unpaired) electrons. The topological polar surface area (TPSA) is 48.9 Å². The van der Waals surface area contributed by atoms with E-state index in [0.29, 0.717) is 19.2 Å². The Morgan fingerprint density at radius 1 is 1.31 bits per heavy atom. The number of rotatable bonds is 9. The number of para-hydroxylation sites is 1. The van der Waals surface area contributed by atoms with Crippen LogP contribution in [0.1, 0.15) is 38.7 Å². The summed E-state index contributed by atoms with van der Waals surface area (Å²) in [7, 11) is 0. The van der Waals surface area contributed by atoms with Gasteiger partial charge in [-0.25, -0.2) is 4.99 Å². The smallest absolute Gasteiger partial charge is 0.191 e. The highest BCUT2D eigenvalue weighted by Gasteiger charge is 2.19. The third kappa shape index (κ3) is 6.71. The maximum Gasteiger partial charge on any atom is 0.191 e. The van der Waals surface area contributed by atoms with E-state index in [-0.39, 0.29) is 0 Å². The van der Waals surface area contributed by atoms with E-state index in [4.69, 9.17) is 9.73 Å². The molecule has 1 aliphatic heterocycles. The van der Waals surface area contributed by atoms with Gasteiger partial charge in [0.1, 0.15) is 12.4 Å². The van der Waals surface area contributed by atoms with Crippen molar-refractivity contribution in [1.82, 2.24) is 15.5 Å². The van der Waals surface area contributed by atoms with Crippen LogP contribution in [0.3, 0.4) is 0 Å². The Bertz CT molecular complexity index is 565. The van der Waals surface area contributed by atoms with Crippen LogP contribution in [0.5, 0.6) is 5.75 Å². The average Bonchev–Trinajstić information content (AvgIpc) is 2.67. The van der Waals surface area contributed by atoms with Crippen molar-refractivity contribution in [2.75, 3.05) is 32.8 Å². The summed E-state index contributed by atoms with van der Waals surface area (Å²) < 4.78 is 5.73. The van der Waals surface area contributed by atoms with Gasteiger partial charge in [0.2, 0.25) is 0 Å². The molecule has 5 nitrogen and oxygen atoms in total. The van der Waals surface area contributed by atoms with Crippen molar-refractivity contribution < 1.29 is 4.74 Å². The first-order valence-corrected chi connectivity index (χ1v) is 9.85. The van der Waals surface area contributed by atoms with Gasteiger partial charge < -0.3 is 20.3 Å². The number of hydrogen-bond acceptors (Lipinski definition) is 3. The number of piperidine rings is 1. The molecular weight excluding hydrogens is 324 g/mol. The molecule has 26 heavy (non-hydrogen) atoms. The number of nitrogens with one attached hydrogen (secondary N) is 2. The summed E-state index contributed by atoms with van der Waals surface area (Å²) in [5.41, 5.74) is 1.09. The lowest BCUT2D eigenvalue weighted by Gasteiger charge is -2.32. The molecule has 1 aliphatic rings. The van der Waals surface area contributed by atoms with Crippen LogP contribution in [0.25, 0.3) is 0 Å². The van der Waals surface area contributed by atoms with E-state index in [1.54, 1.807) is 6.08 Å². The molecule has 0 aliphatic carbocycles. The molecule has 1 fully saturated rings. The van der Waals surface area contributed by atoms with Crippen molar-refractivity contribution in [2.24, 2.45) is 4.99 Å². The maximum atomic E-state index is 5.73. The largest absolute Gasteiger partial charge is 0.489 e. The van der Waals surface area contributed by atoms with Gasteiger partial charge in [0.25, 0.3) is 0 Å². The normalized spacial score (nSPS) is 16.3. The van der Waals surface area contributed by atoms with E-state index in [1.165, 1.54) is 38.9 Å². The van der Waals surface area contributed by atoms with Crippen molar-refractivity contribution in [1.29, 1.82) is 0 Å². The van der Waals surface area contributed by atoms with Gasteiger partial charge in [-0.2, -0.15) is 0 Å². The van der Waals surface area contributed by atoms with Gasteiger partial charge in [-0.3, -0.25) is 0 Å². The van der Waals surface area contributed by atoms with Crippen LogP contribution in [0.15, 0.2) is 41.9 Å². The summed E-state index contributed by atoms with van der Waals surface area (Å²) in [6.45, 7) is 13.6. The van der Waals surface area contributed by atoms with Gasteiger partial charge in [0, 0.05) is 31.2 Å². The predicted molar refractivity (Wildman–Crippen MR) is 110 cm³/mol. The lowest BCUT2D eigenvalue weighted by atomic mass is 10.1. The summed E-state index contributed by atoms with van der Waals surface area (Å²) in [6, 6.07) is 8.55. The fourth-order valence-corrected chi connectivity index (χ4v) is 3.22. The van der Waals surface area contributed by atoms with Crippen LogP contribution in [0, 0.1) is 0 Å². The number of ether oxygens (including phenoxy) is 1. The summed E-state index contributed by atoms with van der Waals surface area (Å²) in [5, 5.41) is 6.98. The van der Waals surface area contributed by atoms with E-state index >= 15 is 0 Å². The van der Waals surface area contributed by atoms with Gasteiger partial charge in [-0.05, 0) is 38.8 Å². The second-order valence-electron chi connectivity index (χ2n) is 6.66. The molecule has 1 aromatic rings. The molecule has 5 heteroatoms. The molecule has 0 amide bonds. The Kier molecular flexibility index (Phi) is 9.04. The first-order valence-electron chi connectivity index (χ1n) is 9.85. The first kappa shape index (κ1) is 20.3. The quantitative estimate of drug-likeness (QED) is 0.404. The van der Waals surface area contributed by atoms with Crippen molar-refractivity contribution in [3.8, 4) is 5.75 Å². The number of benzene rings is 1. The van der Waals surface area contributed by atoms with Gasteiger partial charge in [0.05, 0.1) is 6.54 Å². The minimum absolute atomic E-state index is 0.494. The second kappa shape index (κ2) is 11.6. The van der Waals surface area contributed by atoms with Crippen LogP contribution in [0.4, 0.5) is 0 Å². The molecule has 0 spiro atoms. The van der Waals surface area contributed by atoms with Gasteiger partial charge in [0.15, 0.2) is 5.96 Å². The van der Waals surface area contributed by atoms with Gasteiger partial charge >= 0.3 is 0 Å². The number of hydrogen-bond donors (Lipinski definition) is 2. The number of likely N-dealkylation sites (tertiary alicyclic amines) is 1. The molecule has 2 rings (SSSR count). The molecular formula is C21H34N4O. The lowest BCUT2D eigenvalue weighted by molar-refractivity contribution is 0.206. The molecule has 1 saturated heterocycles. The summed E-state index contributed by atoms with van der Waals surface area (Å²) in [4.78, 5) is 7.33. The monoisotopic (exact) mass is 358 g/mol. The highest BCUT2D eigenvalue weighted by atomic mass is 16.5.